The van der Waals surface area contributed by atoms with E-state index in [1.807, 2.05) is 6.07 Å². The van der Waals surface area contributed by atoms with Gasteiger partial charge >= 0.3 is 0 Å². The molecule has 1 unspecified atom stereocenters. The third-order valence-electron chi connectivity index (χ3n) is 2.98. The molecule has 0 fully saturated rings. The summed E-state index contributed by atoms with van der Waals surface area (Å²) in [5, 5.41) is 0. The number of hydrogen-bond donors (Lipinski definition) is 1. The van der Waals surface area contributed by atoms with Crippen LogP contribution >= 0.6 is 0 Å². The molecule has 2 nitrogen and oxygen atoms in total. The van der Waals surface area contributed by atoms with Crippen molar-refractivity contribution in [2.45, 2.75) is 25.7 Å². The van der Waals surface area contributed by atoms with E-state index in [1.54, 1.807) is 0 Å². The van der Waals surface area contributed by atoms with Crippen LogP contribution in [0, 0.1) is 0 Å². The van der Waals surface area contributed by atoms with E-state index < -0.39 is 0 Å². The van der Waals surface area contributed by atoms with Gasteiger partial charge in [-0.2, -0.15) is 0 Å². The Hall–Kier alpha value is -1.15. The minimum absolute atomic E-state index is 0.253. The van der Waals surface area contributed by atoms with Crippen LogP contribution in [0.15, 0.2) is 18.2 Å². The van der Waals surface area contributed by atoms with Gasteiger partial charge < -0.3 is 5.73 Å². The van der Waals surface area contributed by atoms with Gasteiger partial charge in [0, 0.05) is 17.9 Å². The molecule has 1 aliphatic carbocycles. The summed E-state index contributed by atoms with van der Waals surface area (Å²) in [6.45, 7) is 2.67. The number of hydrogen-bond acceptors (Lipinski definition) is 2. The van der Waals surface area contributed by atoms with E-state index in [9.17, 15) is 4.79 Å². The van der Waals surface area contributed by atoms with E-state index in [0.717, 1.165) is 17.5 Å². The average Bonchev–Trinajstić information content (AvgIpc) is 2.55. The summed E-state index contributed by atoms with van der Waals surface area (Å²) in [6.07, 6.45) is 1.58. The van der Waals surface area contributed by atoms with E-state index in [1.165, 1.54) is 5.56 Å². The van der Waals surface area contributed by atoms with Crippen molar-refractivity contribution in [3.8, 4) is 0 Å². The number of carbonyl (C=O) groups excluding carboxylic acids is 1. The molecule has 0 aromatic heterocycles. The molecule has 2 N–H and O–H groups in total. The van der Waals surface area contributed by atoms with Crippen LogP contribution in [-0.4, -0.2) is 12.3 Å². The van der Waals surface area contributed by atoms with Crippen molar-refractivity contribution in [2.75, 3.05) is 6.54 Å². The van der Waals surface area contributed by atoms with E-state index in [-0.39, 0.29) is 11.7 Å². The summed E-state index contributed by atoms with van der Waals surface area (Å²) in [5.74, 6) is 0.508. The molecule has 2 rings (SSSR count). The Bertz CT molecular complexity index is 371. The molecular weight excluding hydrogens is 174 g/mol. The molecule has 0 spiro atoms. The van der Waals surface area contributed by atoms with Gasteiger partial charge in [-0.25, -0.2) is 0 Å². The fourth-order valence-electron chi connectivity index (χ4n) is 2.07. The lowest BCUT2D eigenvalue weighted by atomic mass is 9.99. The molecule has 0 saturated carbocycles. The molecule has 0 amide bonds. The molecule has 1 aromatic carbocycles. The number of Topliss-reactive ketones (excluding diaryl/α,β-unsaturated/α-hetero) is 1. The first kappa shape index (κ1) is 9.41. The molecule has 74 valence electrons. The zero-order valence-corrected chi connectivity index (χ0v) is 8.42. The van der Waals surface area contributed by atoms with Gasteiger partial charge in [-0.15, -0.1) is 0 Å². The third kappa shape index (κ3) is 1.36. The molecular formula is C12H15NO. The molecule has 1 atom stereocenters. The fourth-order valence-corrected chi connectivity index (χ4v) is 2.07. The Morgan fingerprint density at radius 2 is 2.29 bits per heavy atom. The number of fused-ring (bicyclic) bond motifs is 1. The number of carbonyl (C=O) groups is 1. The van der Waals surface area contributed by atoms with Crippen molar-refractivity contribution in [1.82, 2.24) is 0 Å². The van der Waals surface area contributed by atoms with Crippen molar-refractivity contribution in [3.63, 3.8) is 0 Å². The van der Waals surface area contributed by atoms with Gasteiger partial charge in [-0.05, 0) is 30.2 Å². The average molecular weight is 189 g/mol. The normalized spacial score (nSPS) is 19.9. The third-order valence-corrected chi connectivity index (χ3v) is 2.98. The van der Waals surface area contributed by atoms with Gasteiger partial charge in [-0.3, -0.25) is 4.79 Å². The van der Waals surface area contributed by atoms with Crippen LogP contribution in [0.3, 0.4) is 0 Å². The summed E-state index contributed by atoms with van der Waals surface area (Å²) in [6, 6.07) is 6.18. The SMILES string of the molecule is CCc1ccc2c(c1)C(=O)CC2CN. The second kappa shape index (κ2) is 3.54. The van der Waals surface area contributed by atoms with Crippen molar-refractivity contribution in [1.29, 1.82) is 0 Å². The Balaban J connectivity index is 2.46. The largest absolute Gasteiger partial charge is 0.330 e. The van der Waals surface area contributed by atoms with Crippen molar-refractivity contribution in [2.24, 2.45) is 5.73 Å². The van der Waals surface area contributed by atoms with Gasteiger partial charge in [0.1, 0.15) is 0 Å². The number of nitrogens with two attached hydrogens (primary N) is 1. The lowest BCUT2D eigenvalue weighted by Gasteiger charge is -2.07. The molecule has 0 bridgehead atoms. The fraction of sp³-hybridized carbons (Fsp3) is 0.417. The summed E-state index contributed by atoms with van der Waals surface area (Å²) in [4.78, 5) is 11.6. The van der Waals surface area contributed by atoms with Crippen LogP contribution < -0.4 is 5.73 Å². The van der Waals surface area contributed by atoms with Gasteiger partial charge in [0.15, 0.2) is 5.78 Å². The molecule has 14 heavy (non-hydrogen) atoms. The zero-order chi connectivity index (χ0) is 10.1. The van der Waals surface area contributed by atoms with Gasteiger partial charge in [0.25, 0.3) is 0 Å². The first-order chi connectivity index (χ1) is 6.76. The second-order valence-corrected chi connectivity index (χ2v) is 3.84. The molecule has 1 aromatic rings. The molecule has 0 radical (unpaired) electrons. The van der Waals surface area contributed by atoms with Crippen molar-refractivity contribution < 1.29 is 4.79 Å². The van der Waals surface area contributed by atoms with Crippen molar-refractivity contribution >= 4 is 5.78 Å². The summed E-state index contributed by atoms with van der Waals surface area (Å²) in [7, 11) is 0. The van der Waals surface area contributed by atoms with Gasteiger partial charge in [0.2, 0.25) is 0 Å². The number of ketones is 1. The lowest BCUT2D eigenvalue weighted by molar-refractivity contribution is 0.0989. The van der Waals surface area contributed by atoms with E-state index in [0.29, 0.717) is 13.0 Å². The number of rotatable bonds is 2. The molecule has 2 heteroatoms. The molecule has 1 aliphatic rings. The molecule has 0 saturated heterocycles. The Kier molecular flexibility index (Phi) is 2.38. The quantitative estimate of drug-likeness (QED) is 0.771. The minimum Gasteiger partial charge on any atom is -0.330 e. The van der Waals surface area contributed by atoms with Crippen LogP contribution in [-0.2, 0) is 6.42 Å². The highest BCUT2D eigenvalue weighted by Crippen LogP contribution is 2.32. The van der Waals surface area contributed by atoms with E-state index >= 15 is 0 Å². The Labute approximate surface area is 84.1 Å². The smallest absolute Gasteiger partial charge is 0.163 e. The highest BCUT2D eigenvalue weighted by molar-refractivity contribution is 6.01. The summed E-state index contributed by atoms with van der Waals surface area (Å²) < 4.78 is 0. The Morgan fingerprint density at radius 1 is 1.50 bits per heavy atom. The topological polar surface area (TPSA) is 43.1 Å². The summed E-state index contributed by atoms with van der Waals surface area (Å²) >= 11 is 0. The Morgan fingerprint density at radius 3 is 2.93 bits per heavy atom. The standard InChI is InChI=1S/C12H15NO/c1-2-8-3-4-10-9(7-13)6-12(14)11(10)5-8/h3-5,9H,2,6-7,13H2,1H3. The first-order valence-corrected chi connectivity index (χ1v) is 5.12. The second-order valence-electron chi connectivity index (χ2n) is 3.84. The maximum Gasteiger partial charge on any atom is 0.163 e. The van der Waals surface area contributed by atoms with E-state index in [2.05, 4.69) is 19.1 Å². The first-order valence-electron chi connectivity index (χ1n) is 5.12. The predicted octanol–water partition coefficient (Wildman–Crippen LogP) is 1.88. The lowest BCUT2D eigenvalue weighted by Crippen LogP contribution is -2.09. The molecule has 0 aliphatic heterocycles. The van der Waals surface area contributed by atoms with Gasteiger partial charge in [-0.1, -0.05) is 19.1 Å². The van der Waals surface area contributed by atoms with E-state index in [4.69, 9.17) is 5.73 Å². The maximum absolute atomic E-state index is 11.6. The highest BCUT2D eigenvalue weighted by Gasteiger charge is 2.27. The minimum atomic E-state index is 0.253. The monoisotopic (exact) mass is 189 g/mol. The maximum atomic E-state index is 11.6. The van der Waals surface area contributed by atoms with Crippen LogP contribution in [0.5, 0.6) is 0 Å². The highest BCUT2D eigenvalue weighted by atomic mass is 16.1. The zero-order valence-electron chi connectivity index (χ0n) is 8.42. The number of benzene rings is 1. The van der Waals surface area contributed by atoms with Crippen LogP contribution in [0.4, 0.5) is 0 Å². The number of aryl methyl sites for hydroxylation is 1. The molecule has 0 heterocycles. The van der Waals surface area contributed by atoms with Crippen LogP contribution in [0.1, 0.15) is 40.7 Å². The van der Waals surface area contributed by atoms with Crippen molar-refractivity contribution in [3.05, 3.63) is 34.9 Å². The summed E-state index contributed by atoms with van der Waals surface area (Å²) in [5.41, 5.74) is 8.91. The van der Waals surface area contributed by atoms with Crippen LogP contribution in [0.25, 0.3) is 0 Å². The van der Waals surface area contributed by atoms with Crippen LogP contribution in [0.2, 0.25) is 0 Å². The predicted molar refractivity (Wildman–Crippen MR) is 56.6 cm³/mol. The van der Waals surface area contributed by atoms with Gasteiger partial charge in [0.05, 0.1) is 0 Å².